The van der Waals surface area contributed by atoms with Gasteiger partial charge in [0.15, 0.2) is 0 Å². The number of nitrogens with zero attached hydrogens (tertiary/aromatic N) is 9. The highest BCUT2D eigenvalue weighted by Crippen LogP contribution is 2.33. The third-order valence-electron chi connectivity index (χ3n) is 11.3. The zero-order chi connectivity index (χ0) is 70.2. The number of carbonyl (C=O) groups excluding carboxylic acids is 2. The van der Waals surface area contributed by atoms with Gasteiger partial charge in [-0.2, -0.15) is 0 Å². The van der Waals surface area contributed by atoms with Gasteiger partial charge in [-0.1, -0.05) is 5.92 Å². The Morgan fingerprint density at radius 3 is 1.10 bits per heavy atom. The zero-order valence-corrected chi connectivity index (χ0v) is 85.0. The molecule has 0 aromatic carbocycles. The molecule has 97 heavy (non-hydrogen) atoms. The summed E-state index contributed by atoms with van der Waals surface area (Å²) in [5.74, 6) is 4.09. The van der Waals surface area contributed by atoms with Gasteiger partial charge >= 0.3 is 6.09 Å². The third-order valence-corrected chi connectivity index (χ3v) is 85.9. The Morgan fingerprint density at radius 2 is 0.814 bits per heavy atom. The zero-order valence-electron chi connectivity index (χ0n) is 50.6. The first-order valence-electron chi connectivity index (χ1n) is 26.6. The van der Waals surface area contributed by atoms with E-state index in [9.17, 15) is 9.59 Å². The van der Waals surface area contributed by atoms with Gasteiger partial charge in [-0.25, -0.2) is 34.7 Å². The van der Waals surface area contributed by atoms with Crippen molar-refractivity contribution in [2.45, 2.75) is 128 Å². The molecule has 6 aliphatic rings. The summed E-state index contributed by atoms with van der Waals surface area (Å²) in [4.78, 5) is 53.2. The van der Waals surface area contributed by atoms with Crippen molar-refractivity contribution in [1.29, 1.82) is 0 Å². The van der Waals surface area contributed by atoms with Crippen LogP contribution in [0.4, 0.5) is 16.7 Å². The van der Waals surface area contributed by atoms with E-state index in [4.69, 9.17) is 45.1 Å². The van der Waals surface area contributed by atoms with Crippen LogP contribution in [0.5, 0.6) is 0 Å². The highest BCUT2D eigenvalue weighted by Gasteiger charge is 2.45. The molecule has 9 rings (SSSR count). The largest absolute Gasteiger partial charge is 0.462 e. The van der Waals surface area contributed by atoms with Crippen molar-refractivity contribution < 1.29 is 19.1 Å². The number of hydrogen-bond acceptors (Lipinski definition) is 17. The van der Waals surface area contributed by atoms with Crippen LogP contribution in [-0.2, 0) is 339 Å². The Kier molecular flexibility index (Phi) is 57.7. The van der Waals surface area contributed by atoms with Crippen molar-refractivity contribution in [3.8, 4) is 12.3 Å². The lowest BCUT2D eigenvalue weighted by molar-refractivity contribution is -0.138. The summed E-state index contributed by atoms with van der Waals surface area (Å²) in [6.07, 6.45) is 22.8. The molecule has 6 aliphatic heterocycles. The van der Waals surface area contributed by atoms with Gasteiger partial charge in [-0.3, -0.25) is 9.69 Å². The standard InChI is InChI=1S/C15H21IN4O2.C12H14N4.C6H12N2.C5H10O2.C4H2ClIN2.S36/c1-15(2,3)22-14(21)20-11-4-5-12(20)9-19(8-11)13-17-6-10(16)7-18-13;1-2-9-5-13-12(14-6-9)16-7-10-3-4-11(8-16)15-10;1-2-6-4-7-3-5(1)8-6;1-5(2,3)7-4-6;5-4-7-1-3(6)2-8-4;1-3-5-7-9-11-13-15-17-19-21-23-25-27-29-31-33-35-36-34-32-30-28-26-24-22-20-18-16-14-12-10-8-6-4-2/h6-7,11-12H,4-5,8-9H2,1-3H3;1,5-6,10-11,15H,3-4,7-8H2;5-8H,1-4H2;4H,1-3H3;1-2H;. The number of nitrogens with one attached hydrogen (secondary N) is 3. The maximum Gasteiger partial charge on any atom is 0.410 e. The smallest absolute Gasteiger partial charge is 0.410 e. The third kappa shape index (κ3) is 47.5. The van der Waals surface area contributed by atoms with Crippen LogP contribution in [0.1, 0.15) is 85.6 Å². The molecule has 0 aliphatic carbocycles. The van der Waals surface area contributed by atoms with E-state index >= 15 is 0 Å². The molecule has 55 heteroatoms. The molecule has 16 nitrogen and oxygen atoms in total. The summed E-state index contributed by atoms with van der Waals surface area (Å²) >= 11 is 19.3. The molecule has 548 valence electrons. The SMILES string of the molecule is C#Cc1cnc(N2CC3CCC(C2)N3)nc1.C1CC2CNCC1N2.CC(C)(C)OC(=O)N1C2CCC1CN(c1ncc(I)cn1)C2.CC(C)(C)OC=O.Clc1ncc(I)cn1.S=S=S=S=S=S=S=S=S=S=S=S=S=S=S=S=S=S=S=S=S=S=S=S=S=S=S=S=S=S=S=S=S=S=S=S. The second-order valence-corrected chi connectivity index (χ2v) is 82.9. The fourth-order valence-corrected chi connectivity index (χ4v) is 96.6. The number of rotatable bonds is 3. The first-order valence-corrected chi connectivity index (χ1v) is 75.8. The van der Waals surface area contributed by atoms with E-state index in [2.05, 4.69) is 111 Å². The molecule has 1 amide bonds. The molecule has 3 aromatic heterocycles. The lowest BCUT2D eigenvalue weighted by Crippen LogP contribution is -2.57. The Morgan fingerprint density at radius 1 is 0.505 bits per heavy atom. The van der Waals surface area contributed by atoms with Gasteiger partial charge in [0.1, 0.15) is 11.2 Å². The van der Waals surface area contributed by atoms with E-state index in [-0.39, 0.29) is 23.8 Å². The lowest BCUT2D eigenvalue weighted by atomic mass is 10.2. The minimum absolute atomic E-state index is 0.191. The van der Waals surface area contributed by atoms with E-state index in [1.54, 1.807) is 131 Å². The summed E-state index contributed by atoms with van der Waals surface area (Å²) in [7, 11) is 60.1. The van der Waals surface area contributed by atoms with E-state index < -0.39 is 5.60 Å². The van der Waals surface area contributed by atoms with Crippen molar-refractivity contribution >= 4 is 406 Å². The number of ether oxygens (including phenoxy) is 2. The monoisotopic (exact) mass is 2240 g/mol. The second kappa shape index (κ2) is 59.5. The summed E-state index contributed by atoms with van der Waals surface area (Å²) in [6, 6.07) is 3.19. The Hall–Kier alpha value is 4.69. The van der Waals surface area contributed by atoms with E-state index in [1.165, 1.54) is 56.5 Å². The van der Waals surface area contributed by atoms with Crippen LogP contribution < -0.4 is 25.8 Å². The van der Waals surface area contributed by atoms with Crippen molar-refractivity contribution in [2.24, 2.45) is 0 Å². The highest BCUT2D eigenvalue weighted by atomic mass is 127. The number of terminal acetylenes is 1. The van der Waals surface area contributed by atoms with E-state index in [1.807, 2.05) is 236 Å². The molecule has 3 aromatic rings. The quantitative estimate of drug-likeness (QED) is 0.132. The summed E-state index contributed by atoms with van der Waals surface area (Å²) in [6.45, 7) is 17.6. The molecule has 0 radical (unpaired) electrons. The van der Waals surface area contributed by atoms with Crippen LogP contribution in [-0.4, -0.2) is 134 Å². The Bertz CT molecular complexity index is 4610. The molecule has 6 atom stereocenters. The average Bonchev–Trinajstić information content (AvgIpc) is 1.67. The van der Waals surface area contributed by atoms with E-state index in [0.717, 1.165) is 75.7 Å². The summed E-state index contributed by atoms with van der Waals surface area (Å²) < 4.78 is 12.1. The van der Waals surface area contributed by atoms with Gasteiger partial charge in [-0.15, -0.1) is 6.42 Å². The molecular formula is C42H59ClI2N12O4S36. The number of fused-ring (bicyclic) bond motifs is 6. The number of halogens is 3. The van der Waals surface area contributed by atoms with E-state index in [0.29, 0.717) is 23.8 Å². The minimum Gasteiger partial charge on any atom is -0.462 e. The number of carbonyl (C=O) groups is 2. The van der Waals surface area contributed by atoms with Crippen molar-refractivity contribution in [3.63, 3.8) is 0 Å². The normalized spacial score (nSPS) is 18.2. The number of aromatic nitrogens is 6. The number of anilines is 2. The molecule has 6 saturated heterocycles. The van der Waals surface area contributed by atoms with Crippen LogP contribution in [0.15, 0.2) is 37.2 Å². The topological polar surface area (TPSA) is 176 Å². The summed E-state index contributed by atoms with van der Waals surface area (Å²) in [5, 5.41) is 10.8. The Balaban J connectivity index is 0.000000275. The van der Waals surface area contributed by atoms with Gasteiger partial charge in [0.05, 0.1) is 17.6 Å². The van der Waals surface area contributed by atoms with Gasteiger partial charge in [-0.05, 0) is 137 Å². The van der Waals surface area contributed by atoms with Crippen molar-refractivity contribution in [1.82, 2.24) is 50.8 Å². The molecule has 0 spiro atoms. The lowest BCUT2D eigenvalue weighted by Gasteiger charge is -2.41. The average molecular weight is 2240 g/mol. The maximum atomic E-state index is 12.4. The predicted molar refractivity (Wildman–Crippen MR) is 519 cm³/mol. The van der Waals surface area contributed by atoms with Gasteiger partial charge in [0.2, 0.25) is 17.2 Å². The highest BCUT2D eigenvalue weighted by molar-refractivity contribution is 14.1. The fourth-order valence-electron chi connectivity index (χ4n) is 8.13. The molecule has 6 fully saturated rings. The Labute approximate surface area is 706 Å². The van der Waals surface area contributed by atoms with Crippen molar-refractivity contribution in [2.75, 3.05) is 49.1 Å². The maximum absolute atomic E-state index is 12.4. The first kappa shape index (κ1) is 94.1. The van der Waals surface area contributed by atoms with Gasteiger partial charge < -0.3 is 35.2 Å². The van der Waals surface area contributed by atoms with Crippen LogP contribution in [0, 0.1) is 19.5 Å². The second-order valence-electron chi connectivity index (χ2n) is 19.9. The first-order chi connectivity index (χ1) is 46.9. The van der Waals surface area contributed by atoms with Crippen LogP contribution in [0.25, 0.3) is 0 Å². The molecule has 3 N–H and O–H groups in total. The fraction of sp³-hybridized carbons (Fsp3) is 0.619. The molecule has 9 heterocycles. The number of piperazine rings is 3. The van der Waals surface area contributed by atoms with Crippen molar-refractivity contribution in [3.05, 3.63) is 55.2 Å². The van der Waals surface area contributed by atoms with Crippen LogP contribution in [0.3, 0.4) is 0 Å². The minimum atomic E-state index is -0.452. The molecule has 6 bridgehead atoms. The van der Waals surface area contributed by atoms with Gasteiger partial charge in [0, 0.05) is 432 Å². The molecule has 6 unspecified atom stereocenters. The van der Waals surface area contributed by atoms with Crippen LogP contribution in [0.2, 0.25) is 5.28 Å². The number of hydrogen-bond donors (Lipinski definition) is 3. The summed E-state index contributed by atoms with van der Waals surface area (Å²) in [5.41, 5.74) is -0.0314. The van der Waals surface area contributed by atoms with Crippen LogP contribution >= 0.6 is 56.8 Å². The number of amides is 1. The van der Waals surface area contributed by atoms with Gasteiger partial charge in [0.25, 0.3) is 6.47 Å². The molecular weight excluding hydrogens is 2180 g/mol. The molecule has 0 saturated carbocycles. The predicted octanol–water partition coefficient (Wildman–Crippen LogP) is 5.38.